The molecule has 0 bridgehead atoms. The normalized spacial score (nSPS) is 17.2. The molecule has 26 heavy (non-hydrogen) atoms. The zero-order chi connectivity index (χ0) is 18.1. The van der Waals surface area contributed by atoms with Crippen LogP contribution in [0.4, 0.5) is 10.1 Å². The number of morpholine rings is 1. The van der Waals surface area contributed by atoms with Crippen LogP contribution in [0, 0.1) is 5.82 Å². The molecule has 0 radical (unpaired) electrons. The minimum atomic E-state index is -0.320. The monoisotopic (exact) mass is 355 g/mol. The lowest BCUT2D eigenvalue weighted by Crippen LogP contribution is -2.37. The van der Waals surface area contributed by atoms with E-state index in [4.69, 9.17) is 9.47 Å². The summed E-state index contributed by atoms with van der Waals surface area (Å²) in [6.07, 6.45) is 2.23. The van der Waals surface area contributed by atoms with Gasteiger partial charge in [0.2, 0.25) is 0 Å². The van der Waals surface area contributed by atoms with Crippen LogP contribution in [-0.2, 0) is 9.47 Å². The molecule has 0 spiro atoms. The second-order valence-corrected chi connectivity index (χ2v) is 6.83. The number of anilines is 1. The number of nitrogens with zero attached hydrogens (tertiary/aromatic N) is 1. The molecule has 1 heterocycles. The molecule has 1 aliphatic heterocycles. The van der Waals surface area contributed by atoms with Gasteiger partial charge in [-0.2, -0.15) is 0 Å². The van der Waals surface area contributed by atoms with Crippen LogP contribution in [-0.4, -0.2) is 39.4 Å². The quantitative estimate of drug-likeness (QED) is 0.778. The van der Waals surface area contributed by atoms with Gasteiger partial charge in [0.15, 0.2) is 0 Å². The Bertz CT molecular complexity index is 809. The average Bonchev–Trinajstić information content (AvgIpc) is 3.53. The summed E-state index contributed by atoms with van der Waals surface area (Å²) in [5.74, 6) is -0.113. The Hall–Kier alpha value is -2.40. The van der Waals surface area contributed by atoms with Crippen LogP contribution in [0.2, 0.25) is 0 Å². The van der Waals surface area contributed by atoms with Crippen LogP contribution >= 0.6 is 0 Å². The molecule has 2 fully saturated rings. The van der Waals surface area contributed by atoms with E-state index in [9.17, 15) is 9.18 Å². The zero-order valence-corrected chi connectivity index (χ0v) is 14.8. The van der Waals surface area contributed by atoms with Crippen molar-refractivity contribution in [3.8, 4) is 11.1 Å². The summed E-state index contributed by atoms with van der Waals surface area (Å²) < 4.78 is 23.9. The van der Waals surface area contributed by atoms with E-state index in [0.717, 1.165) is 48.3 Å². The first-order chi connectivity index (χ1) is 12.7. The molecule has 0 atom stereocenters. The Kier molecular flexibility index (Phi) is 4.64. The summed E-state index contributed by atoms with van der Waals surface area (Å²) in [7, 11) is 1.41. The molecule has 5 heteroatoms. The number of methoxy groups -OCH3 is 1. The highest BCUT2D eigenvalue weighted by Gasteiger charge is 2.30. The molecular weight excluding hydrogens is 333 g/mol. The summed E-state index contributed by atoms with van der Waals surface area (Å²) in [5.41, 5.74) is 4.65. The van der Waals surface area contributed by atoms with Crippen molar-refractivity contribution >= 4 is 11.7 Å². The summed E-state index contributed by atoms with van der Waals surface area (Å²) in [6.45, 7) is 2.74. The Morgan fingerprint density at radius 3 is 2.46 bits per heavy atom. The molecule has 2 aromatic carbocycles. The zero-order valence-electron chi connectivity index (χ0n) is 14.8. The second-order valence-electron chi connectivity index (χ2n) is 6.83. The smallest absolute Gasteiger partial charge is 0.339 e. The molecule has 0 unspecified atom stereocenters. The number of esters is 1. The maximum absolute atomic E-state index is 13.4. The van der Waals surface area contributed by atoms with Crippen LogP contribution in [0.15, 0.2) is 36.4 Å². The summed E-state index contributed by atoms with van der Waals surface area (Å²) >= 11 is 0. The summed E-state index contributed by atoms with van der Waals surface area (Å²) in [6, 6.07) is 10.6. The van der Waals surface area contributed by atoms with Gasteiger partial charge in [-0.1, -0.05) is 12.1 Å². The van der Waals surface area contributed by atoms with Crippen LogP contribution in [0.25, 0.3) is 11.1 Å². The second kappa shape index (κ2) is 7.08. The summed E-state index contributed by atoms with van der Waals surface area (Å²) in [5, 5.41) is 0. The highest BCUT2D eigenvalue weighted by Crippen LogP contribution is 2.46. The van der Waals surface area contributed by atoms with Gasteiger partial charge in [-0.15, -0.1) is 0 Å². The minimum Gasteiger partial charge on any atom is -0.465 e. The minimum absolute atomic E-state index is 0.249. The molecule has 4 nitrogen and oxygen atoms in total. The maximum atomic E-state index is 13.4. The van der Waals surface area contributed by atoms with Gasteiger partial charge < -0.3 is 14.4 Å². The lowest BCUT2D eigenvalue weighted by molar-refractivity contribution is 0.0600. The van der Waals surface area contributed by atoms with Gasteiger partial charge in [0.1, 0.15) is 5.82 Å². The van der Waals surface area contributed by atoms with E-state index >= 15 is 0 Å². The average molecular weight is 355 g/mol. The van der Waals surface area contributed by atoms with Crippen molar-refractivity contribution in [2.24, 2.45) is 0 Å². The first kappa shape index (κ1) is 17.0. The van der Waals surface area contributed by atoms with Gasteiger partial charge in [0, 0.05) is 13.1 Å². The maximum Gasteiger partial charge on any atom is 0.339 e. The third-order valence-electron chi connectivity index (χ3n) is 5.10. The number of carbonyl (C=O) groups is 1. The molecule has 1 aliphatic carbocycles. The number of benzene rings is 2. The van der Waals surface area contributed by atoms with E-state index in [2.05, 4.69) is 11.0 Å². The van der Waals surface area contributed by atoms with Gasteiger partial charge in [0.25, 0.3) is 0 Å². The van der Waals surface area contributed by atoms with Crippen molar-refractivity contribution in [1.82, 2.24) is 0 Å². The van der Waals surface area contributed by atoms with Gasteiger partial charge in [-0.3, -0.25) is 0 Å². The van der Waals surface area contributed by atoms with Crippen LogP contribution in [0.5, 0.6) is 0 Å². The van der Waals surface area contributed by atoms with E-state index in [-0.39, 0.29) is 11.8 Å². The number of rotatable bonds is 4. The van der Waals surface area contributed by atoms with Crippen LogP contribution < -0.4 is 4.90 Å². The van der Waals surface area contributed by atoms with Gasteiger partial charge in [-0.25, -0.2) is 9.18 Å². The third kappa shape index (κ3) is 3.31. The number of hydrogen-bond acceptors (Lipinski definition) is 4. The Labute approximate surface area is 152 Å². The predicted molar refractivity (Wildman–Crippen MR) is 98.2 cm³/mol. The van der Waals surface area contributed by atoms with Crippen molar-refractivity contribution in [1.29, 1.82) is 0 Å². The number of ether oxygens (including phenoxy) is 2. The number of carbonyl (C=O) groups excluding carboxylic acids is 1. The summed E-state index contributed by atoms with van der Waals surface area (Å²) in [4.78, 5) is 14.6. The SMILES string of the molecule is COC(=O)c1cc(C2CC2)c(-c2ccc(F)cc2)cc1N1CCOCC1. The standard InChI is InChI=1S/C21H22FNO3/c1-25-21(24)19-12-17(14-2-3-14)18(15-4-6-16(22)7-5-15)13-20(19)23-8-10-26-11-9-23/h4-7,12-14H,2-3,8-11H2,1H3. The first-order valence-corrected chi connectivity index (χ1v) is 9.02. The highest BCUT2D eigenvalue weighted by atomic mass is 19.1. The van der Waals surface area contributed by atoms with Crippen LogP contribution in [0.1, 0.15) is 34.7 Å². The Morgan fingerprint density at radius 1 is 1.15 bits per heavy atom. The van der Waals surface area contributed by atoms with Crippen molar-refractivity contribution < 1.29 is 18.7 Å². The van der Waals surface area contributed by atoms with E-state index < -0.39 is 0 Å². The highest BCUT2D eigenvalue weighted by molar-refractivity contribution is 5.98. The van der Waals surface area contributed by atoms with Crippen molar-refractivity contribution in [3.63, 3.8) is 0 Å². The number of halogens is 1. The molecular formula is C21H22FNO3. The van der Waals surface area contributed by atoms with E-state index in [1.54, 1.807) is 12.1 Å². The molecule has 1 saturated carbocycles. The topological polar surface area (TPSA) is 38.8 Å². The van der Waals surface area contributed by atoms with Crippen molar-refractivity contribution in [3.05, 3.63) is 53.3 Å². The fourth-order valence-electron chi connectivity index (χ4n) is 3.56. The molecule has 1 saturated heterocycles. The van der Waals surface area contributed by atoms with E-state index in [1.807, 2.05) is 6.07 Å². The molecule has 2 aromatic rings. The third-order valence-corrected chi connectivity index (χ3v) is 5.10. The van der Waals surface area contributed by atoms with Gasteiger partial charge >= 0.3 is 5.97 Å². The largest absolute Gasteiger partial charge is 0.465 e. The van der Waals surface area contributed by atoms with Gasteiger partial charge in [0.05, 0.1) is 31.6 Å². The van der Waals surface area contributed by atoms with Crippen LogP contribution in [0.3, 0.4) is 0 Å². The fourth-order valence-corrected chi connectivity index (χ4v) is 3.56. The molecule has 0 N–H and O–H groups in total. The Morgan fingerprint density at radius 2 is 1.85 bits per heavy atom. The lowest BCUT2D eigenvalue weighted by atomic mass is 9.93. The Balaban J connectivity index is 1.86. The van der Waals surface area contributed by atoms with Crippen molar-refractivity contribution in [2.45, 2.75) is 18.8 Å². The molecule has 0 aromatic heterocycles. The number of hydrogen-bond donors (Lipinski definition) is 0. The fraction of sp³-hybridized carbons (Fsp3) is 0.381. The predicted octanol–water partition coefficient (Wildman–Crippen LogP) is 3.99. The van der Waals surface area contributed by atoms with E-state index in [0.29, 0.717) is 24.7 Å². The van der Waals surface area contributed by atoms with Gasteiger partial charge in [-0.05, 0) is 59.7 Å². The first-order valence-electron chi connectivity index (χ1n) is 9.02. The molecule has 2 aliphatic rings. The molecule has 4 rings (SSSR count). The van der Waals surface area contributed by atoms with E-state index in [1.165, 1.54) is 19.2 Å². The van der Waals surface area contributed by atoms with Crippen molar-refractivity contribution in [2.75, 3.05) is 38.3 Å². The molecule has 0 amide bonds. The lowest BCUT2D eigenvalue weighted by Gasteiger charge is -2.31. The molecule has 136 valence electrons.